The standard InChI is InChI=1S/C30H42N2O4/c1-18(32-16-27(35)22-4-5-26(34)25(13-22)17-33)14-30(6-2-3-19(15-30)12-28(31)36)29-23-8-20-7-21(10-23)11-24(29)9-20/h2-6,13,18,20-21,23-24,27,29,32-35H,7-12,14-17H2,1H3,(H2,31,36). The van der Waals surface area contributed by atoms with Crippen LogP contribution in [-0.2, 0) is 11.4 Å². The summed E-state index contributed by atoms with van der Waals surface area (Å²) in [5.41, 5.74) is 7.84. The molecule has 3 atom stereocenters. The molecule has 5 aliphatic rings. The van der Waals surface area contributed by atoms with E-state index in [1.54, 1.807) is 12.1 Å². The largest absolute Gasteiger partial charge is 0.508 e. The van der Waals surface area contributed by atoms with E-state index in [0.717, 1.165) is 42.1 Å². The molecule has 1 amide bonds. The van der Waals surface area contributed by atoms with Crippen molar-refractivity contribution in [2.75, 3.05) is 6.54 Å². The number of carbonyl (C=O) groups is 1. The topological polar surface area (TPSA) is 116 Å². The molecule has 4 bridgehead atoms. The van der Waals surface area contributed by atoms with Crippen LogP contribution in [0.3, 0.4) is 0 Å². The van der Waals surface area contributed by atoms with Crippen LogP contribution in [-0.4, -0.2) is 33.8 Å². The van der Waals surface area contributed by atoms with Gasteiger partial charge in [-0.15, -0.1) is 0 Å². The maximum atomic E-state index is 11.8. The third-order valence-corrected chi connectivity index (χ3v) is 9.61. The molecule has 5 aliphatic carbocycles. The lowest BCUT2D eigenvalue weighted by Crippen LogP contribution is -2.53. The molecule has 3 unspecified atom stereocenters. The lowest BCUT2D eigenvalue weighted by Gasteiger charge is -2.60. The van der Waals surface area contributed by atoms with E-state index in [4.69, 9.17) is 5.73 Å². The molecule has 0 radical (unpaired) electrons. The number of hydrogen-bond acceptors (Lipinski definition) is 5. The number of phenols is 1. The summed E-state index contributed by atoms with van der Waals surface area (Å²) in [6.45, 7) is 2.32. The average Bonchev–Trinajstić information content (AvgIpc) is 2.82. The number of aliphatic hydroxyl groups excluding tert-OH is 2. The normalized spacial score (nSPS) is 34.4. The second-order valence-corrected chi connectivity index (χ2v) is 12.3. The van der Waals surface area contributed by atoms with Gasteiger partial charge in [0.15, 0.2) is 0 Å². The van der Waals surface area contributed by atoms with Crippen molar-refractivity contribution in [2.24, 2.45) is 40.7 Å². The number of benzene rings is 1. The first-order chi connectivity index (χ1) is 17.3. The molecule has 0 saturated heterocycles. The summed E-state index contributed by atoms with van der Waals surface area (Å²) >= 11 is 0. The Bertz CT molecular complexity index is 1010. The molecule has 36 heavy (non-hydrogen) atoms. The number of allylic oxidation sites excluding steroid dienone is 3. The fraction of sp³-hybridized carbons (Fsp3) is 0.633. The molecular formula is C30H42N2O4. The molecule has 6 N–H and O–H groups in total. The predicted octanol–water partition coefficient (Wildman–Crippen LogP) is 4.11. The number of amides is 1. The van der Waals surface area contributed by atoms with Gasteiger partial charge in [-0.05, 0) is 105 Å². The fourth-order valence-electron chi connectivity index (χ4n) is 8.64. The minimum Gasteiger partial charge on any atom is -0.508 e. The Morgan fingerprint density at radius 1 is 1.17 bits per heavy atom. The van der Waals surface area contributed by atoms with Gasteiger partial charge in [-0.25, -0.2) is 0 Å². The molecule has 1 aromatic rings. The van der Waals surface area contributed by atoms with E-state index < -0.39 is 6.10 Å². The molecule has 0 aliphatic heterocycles. The zero-order valence-corrected chi connectivity index (χ0v) is 21.4. The molecule has 1 aromatic carbocycles. The van der Waals surface area contributed by atoms with Gasteiger partial charge in [0, 0.05) is 24.6 Å². The zero-order chi connectivity index (χ0) is 25.4. The van der Waals surface area contributed by atoms with Crippen molar-refractivity contribution >= 4 is 5.91 Å². The molecule has 6 nitrogen and oxygen atoms in total. The minimum absolute atomic E-state index is 0.00209. The Hall–Kier alpha value is -2.15. The lowest BCUT2D eigenvalue weighted by atomic mass is 9.45. The van der Waals surface area contributed by atoms with Crippen molar-refractivity contribution in [1.82, 2.24) is 5.32 Å². The zero-order valence-electron chi connectivity index (χ0n) is 21.4. The molecule has 6 heteroatoms. The van der Waals surface area contributed by atoms with Crippen LogP contribution in [0, 0.1) is 35.0 Å². The summed E-state index contributed by atoms with van der Waals surface area (Å²) in [4.78, 5) is 11.8. The summed E-state index contributed by atoms with van der Waals surface area (Å²) in [6.07, 6.45) is 15.0. The molecule has 0 spiro atoms. The highest BCUT2D eigenvalue weighted by atomic mass is 16.3. The highest BCUT2D eigenvalue weighted by Gasteiger charge is 2.55. The number of aliphatic hydroxyl groups is 2. The van der Waals surface area contributed by atoms with Gasteiger partial charge in [0.2, 0.25) is 5.91 Å². The van der Waals surface area contributed by atoms with Crippen LogP contribution < -0.4 is 11.1 Å². The van der Waals surface area contributed by atoms with E-state index in [2.05, 4.69) is 30.5 Å². The Morgan fingerprint density at radius 3 is 2.50 bits per heavy atom. The molecule has 4 fully saturated rings. The Morgan fingerprint density at radius 2 is 1.86 bits per heavy atom. The van der Waals surface area contributed by atoms with Crippen molar-refractivity contribution in [3.05, 3.63) is 53.1 Å². The van der Waals surface area contributed by atoms with Crippen LogP contribution in [0.4, 0.5) is 0 Å². The van der Waals surface area contributed by atoms with Gasteiger partial charge in [-0.3, -0.25) is 4.79 Å². The average molecular weight is 495 g/mol. The van der Waals surface area contributed by atoms with Gasteiger partial charge in [0.05, 0.1) is 12.7 Å². The van der Waals surface area contributed by atoms with Crippen LogP contribution in [0.5, 0.6) is 5.75 Å². The van der Waals surface area contributed by atoms with Crippen molar-refractivity contribution in [3.8, 4) is 5.75 Å². The van der Waals surface area contributed by atoms with Gasteiger partial charge < -0.3 is 26.4 Å². The predicted molar refractivity (Wildman–Crippen MR) is 140 cm³/mol. The summed E-state index contributed by atoms with van der Waals surface area (Å²) in [5.74, 6) is 3.77. The SMILES string of the molecule is CC(CC1(C2C3CC4CC(C3)CC2C4)C=CC=C(CC(N)=O)C1)NCC(O)c1ccc(O)c(CO)c1. The van der Waals surface area contributed by atoms with E-state index in [-0.39, 0.29) is 29.7 Å². The van der Waals surface area contributed by atoms with E-state index in [1.807, 2.05) is 0 Å². The number of rotatable bonds is 10. The number of aromatic hydroxyl groups is 1. The quantitative estimate of drug-likeness (QED) is 0.336. The summed E-state index contributed by atoms with van der Waals surface area (Å²) in [6, 6.07) is 5.05. The lowest BCUT2D eigenvalue weighted by molar-refractivity contribution is -0.117. The maximum absolute atomic E-state index is 11.8. The van der Waals surface area contributed by atoms with Crippen LogP contribution in [0.1, 0.15) is 75.5 Å². The minimum atomic E-state index is -0.734. The van der Waals surface area contributed by atoms with Crippen LogP contribution >= 0.6 is 0 Å². The number of nitrogens with one attached hydrogen (secondary N) is 1. The third-order valence-electron chi connectivity index (χ3n) is 9.61. The van der Waals surface area contributed by atoms with Gasteiger partial charge in [-0.1, -0.05) is 29.9 Å². The Labute approximate surface area is 214 Å². The number of primary amides is 1. The number of hydrogen-bond donors (Lipinski definition) is 5. The first kappa shape index (κ1) is 25.5. The Kier molecular flexibility index (Phi) is 7.30. The van der Waals surface area contributed by atoms with Gasteiger partial charge in [0.1, 0.15) is 5.75 Å². The van der Waals surface area contributed by atoms with E-state index in [0.29, 0.717) is 30.0 Å². The maximum Gasteiger partial charge on any atom is 0.221 e. The van der Waals surface area contributed by atoms with Crippen molar-refractivity contribution in [1.29, 1.82) is 0 Å². The highest BCUT2D eigenvalue weighted by Crippen LogP contribution is 2.63. The van der Waals surface area contributed by atoms with Crippen molar-refractivity contribution < 1.29 is 20.1 Å². The second kappa shape index (κ2) is 10.3. The monoisotopic (exact) mass is 494 g/mol. The molecule has 6 rings (SSSR count). The Balaban J connectivity index is 1.31. The van der Waals surface area contributed by atoms with Crippen molar-refractivity contribution in [3.63, 3.8) is 0 Å². The number of nitrogens with two attached hydrogens (primary N) is 1. The fourth-order valence-corrected chi connectivity index (χ4v) is 8.64. The van der Waals surface area contributed by atoms with Crippen LogP contribution in [0.25, 0.3) is 0 Å². The smallest absolute Gasteiger partial charge is 0.221 e. The van der Waals surface area contributed by atoms with E-state index >= 15 is 0 Å². The van der Waals surface area contributed by atoms with Gasteiger partial charge in [-0.2, -0.15) is 0 Å². The van der Waals surface area contributed by atoms with E-state index in [9.17, 15) is 20.1 Å². The summed E-state index contributed by atoms with van der Waals surface area (Å²) < 4.78 is 0. The van der Waals surface area contributed by atoms with Gasteiger partial charge in [0.25, 0.3) is 0 Å². The molecule has 4 saturated carbocycles. The summed E-state index contributed by atoms with van der Waals surface area (Å²) in [5, 5.41) is 33.6. The van der Waals surface area contributed by atoms with Crippen LogP contribution in [0.15, 0.2) is 42.0 Å². The van der Waals surface area contributed by atoms with Crippen molar-refractivity contribution in [2.45, 2.75) is 77.0 Å². The molecular weight excluding hydrogens is 452 g/mol. The first-order valence-corrected chi connectivity index (χ1v) is 13.8. The summed E-state index contributed by atoms with van der Waals surface area (Å²) in [7, 11) is 0. The molecule has 0 heterocycles. The van der Waals surface area contributed by atoms with Crippen LogP contribution in [0.2, 0.25) is 0 Å². The first-order valence-electron chi connectivity index (χ1n) is 13.8. The molecule has 0 aromatic heterocycles. The van der Waals surface area contributed by atoms with Gasteiger partial charge >= 0.3 is 0 Å². The van der Waals surface area contributed by atoms with E-state index in [1.165, 1.54) is 38.2 Å². The molecule has 196 valence electrons. The number of carbonyl (C=O) groups excluding carboxylic acids is 1. The third kappa shape index (κ3) is 5.13. The highest BCUT2D eigenvalue weighted by molar-refractivity contribution is 5.76. The second-order valence-electron chi connectivity index (χ2n) is 12.3.